The number of anilines is 1. The molecular formula is C16H21FN2. The van der Waals surface area contributed by atoms with E-state index < -0.39 is 0 Å². The Bertz CT molecular complexity index is 484. The third-order valence-corrected chi connectivity index (χ3v) is 4.21. The van der Waals surface area contributed by atoms with Crippen molar-refractivity contribution in [1.29, 1.82) is 5.26 Å². The first-order valence-corrected chi connectivity index (χ1v) is 7.08. The summed E-state index contributed by atoms with van der Waals surface area (Å²) in [6, 6.07) is 5.38. The van der Waals surface area contributed by atoms with E-state index in [1.807, 2.05) is 6.07 Å². The molecule has 19 heavy (non-hydrogen) atoms. The van der Waals surface area contributed by atoms with E-state index in [9.17, 15) is 4.39 Å². The monoisotopic (exact) mass is 260 g/mol. The van der Waals surface area contributed by atoms with Crippen LogP contribution in [0, 0.1) is 30.0 Å². The molecule has 2 nitrogen and oxygen atoms in total. The fourth-order valence-corrected chi connectivity index (χ4v) is 2.89. The van der Waals surface area contributed by atoms with Crippen LogP contribution in [-0.2, 0) is 0 Å². The van der Waals surface area contributed by atoms with Gasteiger partial charge in [-0.1, -0.05) is 19.3 Å². The third kappa shape index (κ3) is 3.26. The Balaban J connectivity index is 2.13. The Kier molecular flexibility index (Phi) is 4.42. The summed E-state index contributed by atoms with van der Waals surface area (Å²) in [5.74, 6) is 0.347. The van der Waals surface area contributed by atoms with Crippen LogP contribution in [-0.4, -0.2) is 6.04 Å². The molecule has 0 amide bonds. The van der Waals surface area contributed by atoms with Crippen LogP contribution in [0.5, 0.6) is 0 Å². The Morgan fingerprint density at radius 3 is 2.63 bits per heavy atom. The SMILES string of the molecule is Cc1c(F)cc(C#N)cc1NC(C)C1CCCCC1. The lowest BCUT2D eigenvalue weighted by Crippen LogP contribution is -2.28. The first-order chi connectivity index (χ1) is 9.11. The summed E-state index contributed by atoms with van der Waals surface area (Å²) in [6.07, 6.45) is 6.41. The van der Waals surface area contributed by atoms with Crippen LogP contribution in [0.15, 0.2) is 12.1 Å². The van der Waals surface area contributed by atoms with Crippen LogP contribution >= 0.6 is 0 Å². The quantitative estimate of drug-likeness (QED) is 0.875. The molecule has 1 aliphatic rings. The minimum absolute atomic E-state index is 0.308. The number of rotatable bonds is 3. The van der Waals surface area contributed by atoms with Crippen LogP contribution in [0.3, 0.4) is 0 Å². The van der Waals surface area contributed by atoms with Gasteiger partial charge in [0.15, 0.2) is 0 Å². The summed E-state index contributed by atoms with van der Waals surface area (Å²) in [5, 5.41) is 12.3. The summed E-state index contributed by atoms with van der Waals surface area (Å²) in [6.45, 7) is 3.92. The van der Waals surface area contributed by atoms with E-state index in [0.29, 0.717) is 23.1 Å². The molecule has 102 valence electrons. The van der Waals surface area contributed by atoms with Gasteiger partial charge in [-0.3, -0.25) is 0 Å². The largest absolute Gasteiger partial charge is 0.382 e. The first kappa shape index (κ1) is 13.9. The van der Waals surface area contributed by atoms with E-state index in [0.717, 1.165) is 5.69 Å². The number of nitrogens with one attached hydrogen (secondary N) is 1. The molecule has 0 aromatic heterocycles. The number of hydrogen-bond acceptors (Lipinski definition) is 2. The smallest absolute Gasteiger partial charge is 0.129 e. The molecule has 1 saturated carbocycles. The van der Waals surface area contributed by atoms with Crippen molar-refractivity contribution in [3.63, 3.8) is 0 Å². The third-order valence-electron chi connectivity index (χ3n) is 4.21. The molecule has 3 heteroatoms. The highest BCUT2D eigenvalue weighted by atomic mass is 19.1. The second kappa shape index (κ2) is 6.06. The second-order valence-corrected chi connectivity index (χ2v) is 5.57. The van der Waals surface area contributed by atoms with Crippen molar-refractivity contribution >= 4 is 5.69 Å². The van der Waals surface area contributed by atoms with Crippen molar-refractivity contribution in [1.82, 2.24) is 0 Å². The average molecular weight is 260 g/mol. The van der Waals surface area contributed by atoms with Gasteiger partial charge < -0.3 is 5.32 Å². The molecular weight excluding hydrogens is 239 g/mol. The van der Waals surface area contributed by atoms with Gasteiger partial charge in [-0.05, 0) is 44.7 Å². The molecule has 1 N–H and O–H groups in total. The van der Waals surface area contributed by atoms with Crippen LogP contribution in [0.25, 0.3) is 0 Å². The minimum atomic E-state index is -0.308. The Morgan fingerprint density at radius 1 is 1.32 bits per heavy atom. The molecule has 0 saturated heterocycles. The minimum Gasteiger partial charge on any atom is -0.382 e. The topological polar surface area (TPSA) is 35.8 Å². The fraction of sp³-hybridized carbons (Fsp3) is 0.562. The van der Waals surface area contributed by atoms with Gasteiger partial charge in [0, 0.05) is 17.3 Å². The zero-order valence-electron chi connectivity index (χ0n) is 11.7. The number of halogens is 1. The summed E-state index contributed by atoms with van der Waals surface area (Å²) in [4.78, 5) is 0. The molecule has 0 bridgehead atoms. The van der Waals surface area contributed by atoms with Crippen molar-refractivity contribution in [3.05, 3.63) is 29.1 Å². The predicted octanol–water partition coefficient (Wildman–Crippen LogP) is 4.39. The van der Waals surface area contributed by atoms with Crippen LogP contribution in [0.1, 0.15) is 50.2 Å². The molecule has 1 fully saturated rings. The van der Waals surface area contributed by atoms with Gasteiger partial charge in [-0.25, -0.2) is 4.39 Å². The Hall–Kier alpha value is -1.56. The van der Waals surface area contributed by atoms with Gasteiger partial charge in [0.25, 0.3) is 0 Å². The lowest BCUT2D eigenvalue weighted by Gasteiger charge is -2.29. The highest BCUT2D eigenvalue weighted by Gasteiger charge is 2.20. The normalized spacial score (nSPS) is 17.8. The van der Waals surface area contributed by atoms with Gasteiger partial charge in [0.05, 0.1) is 11.6 Å². The molecule has 1 atom stereocenters. The predicted molar refractivity (Wildman–Crippen MR) is 75.5 cm³/mol. The summed E-state index contributed by atoms with van der Waals surface area (Å²) < 4.78 is 13.7. The lowest BCUT2D eigenvalue weighted by molar-refractivity contribution is 0.328. The molecule has 2 rings (SSSR count). The number of hydrogen-bond donors (Lipinski definition) is 1. The first-order valence-electron chi connectivity index (χ1n) is 7.08. The van der Waals surface area contributed by atoms with Crippen LogP contribution < -0.4 is 5.32 Å². The van der Waals surface area contributed by atoms with E-state index in [-0.39, 0.29) is 5.82 Å². The highest BCUT2D eigenvalue weighted by Crippen LogP contribution is 2.29. The summed E-state index contributed by atoms with van der Waals surface area (Å²) in [7, 11) is 0. The second-order valence-electron chi connectivity index (χ2n) is 5.57. The molecule has 1 aromatic rings. The van der Waals surface area contributed by atoms with Crippen molar-refractivity contribution in [2.24, 2.45) is 5.92 Å². The lowest BCUT2D eigenvalue weighted by atomic mass is 9.84. The summed E-state index contributed by atoms with van der Waals surface area (Å²) >= 11 is 0. The number of nitrogens with zero attached hydrogens (tertiary/aromatic N) is 1. The Morgan fingerprint density at radius 2 is 2.00 bits per heavy atom. The van der Waals surface area contributed by atoms with Gasteiger partial charge in [0.2, 0.25) is 0 Å². The Labute approximate surface area is 114 Å². The van der Waals surface area contributed by atoms with E-state index >= 15 is 0 Å². The average Bonchev–Trinajstić information content (AvgIpc) is 2.44. The zero-order valence-corrected chi connectivity index (χ0v) is 11.7. The molecule has 1 aliphatic carbocycles. The fourth-order valence-electron chi connectivity index (χ4n) is 2.89. The van der Waals surface area contributed by atoms with Crippen LogP contribution in [0.4, 0.5) is 10.1 Å². The molecule has 0 spiro atoms. The van der Waals surface area contributed by atoms with E-state index in [1.54, 1.807) is 13.0 Å². The van der Waals surface area contributed by atoms with Gasteiger partial charge >= 0.3 is 0 Å². The number of nitriles is 1. The summed E-state index contributed by atoms with van der Waals surface area (Å²) in [5.41, 5.74) is 1.73. The van der Waals surface area contributed by atoms with Crippen molar-refractivity contribution in [2.75, 3.05) is 5.32 Å². The van der Waals surface area contributed by atoms with Crippen molar-refractivity contribution < 1.29 is 4.39 Å². The molecule has 0 radical (unpaired) electrons. The van der Waals surface area contributed by atoms with Gasteiger partial charge in [-0.2, -0.15) is 5.26 Å². The molecule has 1 unspecified atom stereocenters. The zero-order chi connectivity index (χ0) is 13.8. The van der Waals surface area contributed by atoms with Crippen molar-refractivity contribution in [2.45, 2.75) is 52.0 Å². The van der Waals surface area contributed by atoms with Crippen LogP contribution in [0.2, 0.25) is 0 Å². The standard InChI is InChI=1S/C16H21FN2/c1-11-15(17)8-13(10-18)9-16(11)19-12(2)14-6-4-3-5-7-14/h8-9,12,14,19H,3-7H2,1-2H3. The van der Waals surface area contributed by atoms with Crippen molar-refractivity contribution in [3.8, 4) is 6.07 Å². The van der Waals surface area contributed by atoms with E-state index in [2.05, 4.69) is 12.2 Å². The maximum absolute atomic E-state index is 13.7. The number of benzene rings is 1. The highest BCUT2D eigenvalue weighted by molar-refractivity contribution is 5.56. The van der Waals surface area contributed by atoms with E-state index in [1.165, 1.54) is 38.2 Å². The maximum Gasteiger partial charge on any atom is 0.129 e. The van der Waals surface area contributed by atoms with Gasteiger partial charge in [0.1, 0.15) is 5.82 Å². The molecule has 0 aliphatic heterocycles. The maximum atomic E-state index is 13.7. The van der Waals surface area contributed by atoms with E-state index in [4.69, 9.17) is 5.26 Å². The molecule has 0 heterocycles. The van der Waals surface area contributed by atoms with Gasteiger partial charge in [-0.15, -0.1) is 0 Å². The molecule has 1 aromatic carbocycles.